The Hall–Kier alpha value is -2.02. The Morgan fingerprint density at radius 3 is 3.00 bits per heavy atom. The van der Waals surface area contributed by atoms with Gasteiger partial charge in [-0.3, -0.25) is 14.6 Å². The second kappa shape index (κ2) is 6.83. The minimum Gasteiger partial charge on any atom is -0.388 e. The molecule has 0 spiro atoms. The van der Waals surface area contributed by atoms with E-state index in [1.165, 1.54) is 30.3 Å². The minimum absolute atomic E-state index is 0.0504. The molecule has 120 valence electrons. The van der Waals surface area contributed by atoms with Crippen molar-refractivity contribution in [1.82, 2.24) is 15.2 Å². The first kappa shape index (κ1) is 16.4. The minimum atomic E-state index is -1.23. The number of β-amino-alcohol motifs (C(OH)–C–C–N with tert-alkyl or cyclic N) is 1. The first-order valence-electron chi connectivity index (χ1n) is 7.24. The van der Waals surface area contributed by atoms with Gasteiger partial charge in [0.05, 0.1) is 24.1 Å². The first-order valence-corrected chi connectivity index (χ1v) is 7.24. The highest BCUT2D eigenvalue weighted by molar-refractivity contribution is 5.79. The summed E-state index contributed by atoms with van der Waals surface area (Å²) in [5.74, 6) is -1.09. The van der Waals surface area contributed by atoms with Gasteiger partial charge in [0.2, 0.25) is 11.8 Å². The average molecular weight is 309 g/mol. The molecule has 1 atom stereocenters. The summed E-state index contributed by atoms with van der Waals surface area (Å²) in [7, 11) is 1.50. The molecule has 1 aromatic rings. The molecule has 0 aromatic carbocycles. The van der Waals surface area contributed by atoms with E-state index in [1.807, 2.05) is 0 Å². The van der Waals surface area contributed by atoms with Crippen LogP contribution in [-0.2, 0) is 16.0 Å². The highest BCUT2D eigenvalue weighted by atomic mass is 19.1. The third-order valence-corrected chi connectivity index (χ3v) is 3.83. The zero-order valence-corrected chi connectivity index (χ0v) is 12.5. The fraction of sp³-hybridized carbons (Fsp3) is 0.533. The highest BCUT2D eigenvalue weighted by Crippen LogP contribution is 2.25. The Labute approximate surface area is 128 Å². The van der Waals surface area contributed by atoms with Crippen molar-refractivity contribution < 1.29 is 19.1 Å². The summed E-state index contributed by atoms with van der Waals surface area (Å²) in [5, 5.41) is 12.9. The van der Waals surface area contributed by atoms with Crippen LogP contribution in [-0.4, -0.2) is 52.5 Å². The van der Waals surface area contributed by atoms with E-state index >= 15 is 0 Å². The molecule has 1 unspecified atom stereocenters. The molecular weight excluding hydrogens is 289 g/mol. The van der Waals surface area contributed by atoms with Crippen LogP contribution in [0.1, 0.15) is 25.0 Å². The van der Waals surface area contributed by atoms with Crippen molar-refractivity contribution >= 4 is 11.8 Å². The van der Waals surface area contributed by atoms with Gasteiger partial charge in [0, 0.05) is 26.3 Å². The molecule has 1 aromatic heterocycles. The van der Waals surface area contributed by atoms with Gasteiger partial charge >= 0.3 is 0 Å². The van der Waals surface area contributed by atoms with Gasteiger partial charge in [-0.05, 0) is 25.0 Å². The van der Waals surface area contributed by atoms with Crippen LogP contribution >= 0.6 is 0 Å². The second-order valence-electron chi connectivity index (χ2n) is 5.60. The molecule has 2 rings (SSSR count). The van der Waals surface area contributed by atoms with Gasteiger partial charge in [0.1, 0.15) is 5.82 Å². The number of halogens is 1. The molecule has 0 radical (unpaired) electrons. The molecule has 1 fully saturated rings. The third kappa shape index (κ3) is 4.00. The molecule has 0 bridgehead atoms. The summed E-state index contributed by atoms with van der Waals surface area (Å²) in [6, 6.07) is 2.72. The summed E-state index contributed by atoms with van der Waals surface area (Å²) >= 11 is 0. The molecule has 0 saturated carbocycles. The lowest BCUT2D eigenvalue weighted by Gasteiger charge is -2.38. The topological polar surface area (TPSA) is 82.5 Å². The fourth-order valence-electron chi connectivity index (χ4n) is 2.66. The smallest absolute Gasteiger partial charge is 0.228 e. The Kier molecular flexibility index (Phi) is 5.07. The summed E-state index contributed by atoms with van der Waals surface area (Å²) < 4.78 is 13.6. The van der Waals surface area contributed by atoms with Gasteiger partial charge in [-0.2, -0.15) is 0 Å². The van der Waals surface area contributed by atoms with Crippen LogP contribution in [0.3, 0.4) is 0 Å². The van der Waals surface area contributed by atoms with E-state index in [-0.39, 0.29) is 36.9 Å². The largest absolute Gasteiger partial charge is 0.388 e. The van der Waals surface area contributed by atoms with Crippen LogP contribution in [0.25, 0.3) is 0 Å². The number of aliphatic hydroxyl groups is 1. The standard InChI is InChI=1S/C15H20FN3O3/c1-17-13(20)9-15(22)5-3-7-19(10-15)14(21)8-12-11(16)4-2-6-18-12/h2,4,6,22H,3,5,7-10H2,1H3,(H,17,20). The second-order valence-corrected chi connectivity index (χ2v) is 5.60. The van der Waals surface area contributed by atoms with Crippen LogP contribution in [0, 0.1) is 5.82 Å². The van der Waals surface area contributed by atoms with Gasteiger partial charge in [-0.15, -0.1) is 0 Å². The van der Waals surface area contributed by atoms with Crippen LogP contribution in [0.2, 0.25) is 0 Å². The van der Waals surface area contributed by atoms with Crippen LogP contribution in [0.15, 0.2) is 18.3 Å². The van der Waals surface area contributed by atoms with Gasteiger partial charge in [0.15, 0.2) is 0 Å². The number of amides is 2. The van der Waals surface area contributed by atoms with E-state index in [4.69, 9.17) is 0 Å². The quantitative estimate of drug-likeness (QED) is 0.835. The molecule has 6 nitrogen and oxygen atoms in total. The lowest BCUT2D eigenvalue weighted by Crippen LogP contribution is -2.52. The number of hydrogen-bond donors (Lipinski definition) is 2. The van der Waals surface area contributed by atoms with Crippen LogP contribution in [0.4, 0.5) is 4.39 Å². The van der Waals surface area contributed by atoms with E-state index in [0.29, 0.717) is 19.4 Å². The number of carbonyl (C=O) groups is 2. The SMILES string of the molecule is CNC(=O)CC1(O)CCCN(C(=O)Cc2ncccc2F)C1. The maximum atomic E-state index is 13.6. The summed E-state index contributed by atoms with van der Waals surface area (Å²) in [6.07, 6.45) is 2.30. The number of nitrogens with one attached hydrogen (secondary N) is 1. The number of pyridine rings is 1. The predicted octanol–water partition coefficient (Wildman–Crippen LogP) is 0.253. The van der Waals surface area contributed by atoms with E-state index < -0.39 is 11.4 Å². The van der Waals surface area contributed by atoms with Crippen molar-refractivity contribution in [3.63, 3.8) is 0 Å². The zero-order valence-electron chi connectivity index (χ0n) is 12.5. The van der Waals surface area contributed by atoms with Crippen molar-refractivity contribution in [3.8, 4) is 0 Å². The highest BCUT2D eigenvalue weighted by Gasteiger charge is 2.36. The van der Waals surface area contributed by atoms with Crippen molar-refractivity contribution in [2.75, 3.05) is 20.1 Å². The van der Waals surface area contributed by atoms with Crippen molar-refractivity contribution in [2.45, 2.75) is 31.3 Å². The number of hydrogen-bond acceptors (Lipinski definition) is 4. The maximum absolute atomic E-state index is 13.6. The van der Waals surface area contributed by atoms with Gasteiger partial charge in [-0.1, -0.05) is 0 Å². The number of carbonyl (C=O) groups excluding carboxylic acids is 2. The van der Waals surface area contributed by atoms with Gasteiger partial charge in [-0.25, -0.2) is 4.39 Å². The van der Waals surface area contributed by atoms with Crippen molar-refractivity contribution in [3.05, 3.63) is 29.8 Å². The van der Waals surface area contributed by atoms with Crippen molar-refractivity contribution in [1.29, 1.82) is 0 Å². The lowest BCUT2D eigenvalue weighted by molar-refractivity contribution is -0.141. The number of likely N-dealkylation sites (tertiary alicyclic amines) is 1. The Balaban J connectivity index is 2.01. The van der Waals surface area contributed by atoms with E-state index in [0.717, 1.165) is 0 Å². The molecule has 2 N–H and O–H groups in total. The van der Waals surface area contributed by atoms with E-state index in [2.05, 4.69) is 10.3 Å². The molecule has 1 aliphatic rings. The van der Waals surface area contributed by atoms with Crippen molar-refractivity contribution in [2.24, 2.45) is 0 Å². The predicted molar refractivity (Wildman–Crippen MR) is 77.3 cm³/mol. The van der Waals surface area contributed by atoms with E-state index in [1.54, 1.807) is 0 Å². The number of aromatic nitrogens is 1. The Bertz CT molecular complexity index is 567. The fourth-order valence-corrected chi connectivity index (χ4v) is 2.66. The maximum Gasteiger partial charge on any atom is 0.228 e. The first-order chi connectivity index (χ1) is 10.4. The third-order valence-electron chi connectivity index (χ3n) is 3.83. The summed E-state index contributed by atoms with van der Waals surface area (Å²) in [6.45, 7) is 0.567. The van der Waals surface area contributed by atoms with Crippen LogP contribution in [0.5, 0.6) is 0 Å². The Morgan fingerprint density at radius 1 is 1.55 bits per heavy atom. The molecule has 1 saturated heterocycles. The normalized spacial score (nSPS) is 21.5. The molecule has 22 heavy (non-hydrogen) atoms. The molecule has 7 heteroatoms. The molecule has 2 heterocycles. The lowest BCUT2D eigenvalue weighted by atomic mass is 9.89. The molecular formula is C15H20FN3O3. The zero-order chi connectivity index (χ0) is 16.2. The molecule has 1 aliphatic heterocycles. The number of rotatable bonds is 4. The number of nitrogens with zero attached hydrogens (tertiary/aromatic N) is 2. The van der Waals surface area contributed by atoms with Crippen LogP contribution < -0.4 is 5.32 Å². The number of piperidine rings is 1. The monoisotopic (exact) mass is 309 g/mol. The van der Waals surface area contributed by atoms with Gasteiger partial charge in [0.25, 0.3) is 0 Å². The average Bonchev–Trinajstić information content (AvgIpc) is 2.49. The molecule has 2 amide bonds. The van der Waals surface area contributed by atoms with E-state index in [9.17, 15) is 19.1 Å². The summed E-state index contributed by atoms with van der Waals surface area (Å²) in [4.78, 5) is 29.1. The summed E-state index contributed by atoms with van der Waals surface area (Å²) in [5.41, 5.74) is -1.13. The van der Waals surface area contributed by atoms with Gasteiger partial charge < -0.3 is 15.3 Å². The molecule has 0 aliphatic carbocycles. The Morgan fingerprint density at radius 2 is 2.32 bits per heavy atom.